The van der Waals surface area contributed by atoms with Gasteiger partial charge in [-0.3, -0.25) is 0 Å². The molecule has 0 aliphatic carbocycles. The van der Waals surface area contributed by atoms with Gasteiger partial charge in [-0.05, 0) is 37.3 Å². The van der Waals surface area contributed by atoms with E-state index in [2.05, 4.69) is 0 Å². The number of hydrogen-bond donors (Lipinski definition) is 1. The van der Waals surface area contributed by atoms with Crippen LogP contribution in [0.25, 0.3) is 0 Å². The fraction of sp³-hybridized carbons (Fsp3) is 0.571. The van der Waals surface area contributed by atoms with Crippen LogP contribution in [0.15, 0.2) is 23.1 Å². The van der Waals surface area contributed by atoms with Gasteiger partial charge in [-0.2, -0.15) is 4.31 Å². The van der Waals surface area contributed by atoms with E-state index in [1.54, 1.807) is 32.2 Å². The highest BCUT2D eigenvalue weighted by Crippen LogP contribution is 2.29. The molecule has 2 N–H and O–H groups in total. The number of sulfonamides is 1. The first kappa shape index (κ1) is 15.3. The molecule has 0 atom stereocenters. The van der Waals surface area contributed by atoms with E-state index in [0.717, 1.165) is 12.8 Å². The van der Waals surface area contributed by atoms with Crippen molar-refractivity contribution in [2.24, 2.45) is 5.92 Å². The lowest BCUT2D eigenvalue weighted by atomic mass is 9.99. The second kappa shape index (κ2) is 6.11. The summed E-state index contributed by atoms with van der Waals surface area (Å²) in [5, 5.41) is 0. The van der Waals surface area contributed by atoms with Crippen molar-refractivity contribution in [3.05, 3.63) is 23.8 Å². The van der Waals surface area contributed by atoms with E-state index in [0.29, 0.717) is 36.9 Å². The number of anilines is 1. The number of rotatable bonds is 4. The van der Waals surface area contributed by atoms with Gasteiger partial charge in [0.1, 0.15) is 4.90 Å². The fourth-order valence-electron chi connectivity index (χ4n) is 2.71. The molecule has 0 bridgehead atoms. The van der Waals surface area contributed by atoms with Crippen LogP contribution >= 0.6 is 0 Å². The summed E-state index contributed by atoms with van der Waals surface area (Å²) >= 11 is 0. The average molecular weight is 298 g/mol. The molecule has 0 radical (unpaired) electrons. The van der Waals surface area contributed by atoms with Gasteiger partial charge < -0.3 is 10.5 Å². The molecule has 1 fully saturated rings. The summed E-state index contributed by atoms with van der Waals surface area (Å²) in [7, 11) is -1.82. The number of nitrogens with two attached hydrogens (primary N) is 1. The highest BCUT2D eigenvalue weighted by atomic mass is 32.2. The Hall–Kier alpha value is -1.11. The molecule has 0 aromatic heterocycles. The van der Waals surface area contributed by atoms with Crippen molar-refractivity contribution >= 4 is 15.7 Å². The van der Waals surface area contributed by atoms with Crippen molar-refractivity contribution in [2.45, 2.75) is 24.7 Å². The lowest BCUT2D eigenvalue weighted by molar-refractivity contribution is 0.121. The third-order valence-electron chi connectivity index (χ3n) is 3.82. The van der Waals surface area contributed by atoms with Crippen LogP contribution in [0.3, 0.4) is 0 Å². The van der Waals surface area contributed by atoms with Gasteiger partial charge >= 0.3 is 0 Å². The molecule has 1 saturated heterocycles. The van der Waals surface area contributed by atoms with Crippen LogP contribution in [0.1, 0.15) is 18.4 Å². The fourth-order valence-corrected chi connectivity index (χ4v) is 4.50. The normalized spacial score (nSPS) is 18.3. The highest BCUT2D eigenvalue weighted by molar-refractivity contribution is 7.89. The van der Waals surface area contributed by atoms with Crippen LogP contribution in [-0.2, 0) is 14.8 Å². The minimum atomic E-state index is -3.49. The van der Waals surface area contributed by atoms with E-state index in [-0.39, 0.29) is 4.90 Å². The summed E-state index contributed by atoms with van der Waals surface area (Å²) in [5.41, 5.74) is 6.88. The quantitative estimate of drug-likeness (QED) is 0.857. The van der Waals surface area contributed by atoms with Gasteiger partial charge in [0.2, 0.25) is 10.0 Å². The number of hydrogen-bond acceptors (Lipinski definition) is 4. The molecule has 1 aromatic carbocycles. The molecule has 1 aliphatic heterocycles. The van der Waals surface area contributed by atoms with Crippen LogP contribution in [0.5, 0.6) is 0 Å². The van der Waals surface area contributed by atoms with Gasteiger partial charge in [0, 0.05) is 26.8 Å². The van der Waals surface area contributed by atoms with E-state index in [1.807, 2.05) is 0 Å². The standard InChI is InChI=1S/C14H22N2O3S/c1-11-4-3-5-13(15)14(11)20(17,18)16-8-6-12(7-9-16)10-19-2/h3-5,12H,6-10,15H2,1-2H3. The van der Waals surface area contributed by atoms with Gasteiger partial charge in [-0.1, -0.05) is 12.1 Å². The first-order chi connectivity index (χ1) is 9.46. The maximum absolute atomic E-state index is 12.7. The topological polar surface area (TPSA) is 72.6 Å². The summed E-state index contributed by atoms with van der Waals surface area (Å²) < 4.78 is 32.1. The van der Waals surface area contributed by atoms with Gasteiger partial charge in [0.15, 0.2) is 0 Å². The van der Waals surface area contributed by atoms with Crippen molar-refractivity contribution in [1.29, 1.82) is 0 Å². The van der Waals surface area contributed by atoms with Crippen molar-refractivity contribution in [3.63, 3.8) is 0 Å². The van der Waals surface area contributed by atoms with Crippen molar-refractivity contribution in [1.82, 2.24) is 4.31 Å². The molecule has 1 aliphatic rings. The summed E-state index contributed by atoms with van der Waals surface area (Å²) in [6.07, 6.45) is 1.66. The Morgan fingerprint density at radius 3 is 2.55 bits per heavy atom. The number of nitrogens with zero attached hydrogens (tertiary/aromatic N) is 1. The van der Waals surface area contributed by atoms with Gasteiger partial charge in [0.25, 0.3) is 0 Å². The second-order valence-electron chi connectivity index (χ2n) is 5.30. The predicted octanol–water partition coefficient (Wildman–Crippen LogP) is 1.62. The second-order valence-corrected chi connectivity index (χ2v) is 7.17. The Morgan fingerprint density at radius 2 is 2.00 bits per heavy atom. The largest absolute Gasteiger partial charge is 0.398 e. The summed E-state index contributed by atoms with van der Waals surface area (Å²) in [4.78, 5) is 0.255. The number of methoxy groups -OCH3 is 1. The molecule has 6 heteroatoms. The summed E-state index contributed by atoms with van der Waals surface area (Å²) in [5.74, 6) is 0.445. The van der Waals surface area contributed by atoms with E-state index >= 15 is 0 Å². The maximum Gasteiger partial charge on any atom is 0.245 e. The van der Waals surface area contributed by atoms with Crippen LogP contribution < -0.4 is 5.73 Å². The molecule has 112 valence electrons. The highest BCUT2D eigenvalue weighted by Gasteiger charge is 2.31. The van der Waals surface area contributed by atoms with E-state index < -0.39 is 10.0 Å². The molecule has 20 heavy (non-hydrogen) atoms. The van der Waals surface area contributed by atoms with Crippen molar-refractivity contribution < 1.29 is 13.2 Å². The van der Waals surface area contributed by atoms with Crippen molar-refractivity contribution in [3.8, 4) is 0 Å². The third-order valence-corrected chi connectivity index (χ3v) is 5.93. The Morgan fingerprint density at radius 1 is 1.35 bits per heavy atom. The summed E-state index contributed by atoms with van der Waals surface area (Å²) in [6.45, 7) is 3.54. The van der Waals surface area contributed by atoms with Crippen molar-refractivity contribution in [2.75, 3.05) is 32.5 Å². The molecule has 5 nitrogen and oxygen atoms in total. The Balaban J connectivity index is 2.20. The molecule has 0 unspecified atom stereocenters. The number of benzene rings is 1. The zero-order valence-corrected chi connectivity index (χ0v) is 12.8. The third kappa shape index (κ3) is 2.97. The number of nitrogen functional groups attached to an aromatic ring is 1. The molecule has 0 saturated carbocycles. The van der Waals surface area contributed by atoms with E-state index in [9.17, 15) is 8.42 Å². The Labute approximate surface area is 120 Å². The van der Waals surface area contributed by atoms with Gasteiger partial charge in [-0.15, -0.1) is 0 Å². The minimum Gasteiger partial charge on any atom is -0.398 e. The monoisotopic (exact) mass is 298 g/mol. The SMILES string of the molecule is COCC1CCN(S(=O)(=O)c2c(C)cccc2N)CC1. The van der Waals surface area contributed by atoms with E-state index in [1.165, 1.54) is 4.31 Å². The van der Waals surface area contributed by atoms with Crippen LogP contribution in [0, 0.1) is 12.8 Å². The molecule has 2 rings (SSSR count). The maximum atomic E-state index is 12.7. The molecular weight excluding hydrogens is 276 g/mol. The van der Waals surface area contributed by atoms with Gasteiger partial charge in [0.05, 0.1) is 5.69 Å². The summed E-state index contributed by atoms with van der Waals surface area (Å²) in [6, 6.07) is 5.19. The first-order valence-electron chi connectivity index (χ1n) is 6.81. The number of piperidine rings is 1. The average Bonchev–Trinajstić information content (AvgIpc) is 2.39. The van der Waals surface area contributed by atoms with Crippen LogP contribution in [-0.4, -0.2) is 39.5 Å². The minimum absolute atomic E-state index is 0.255. The zero-order valence-electron chi connectivity index (χ0n) is 12.0. The lowest BCUT2D eigenvalue weighted by Gasteiger charge is -2.31. The molecule has 1 heterocycles. The first-order valence-corrected chi connectivity index (χ1v) is 8.25. The lowest BCUT2D eigenvalue weighted by Crippen LogP contribution is -2.39. The Bertz CT molecular complexity index is 544. The van der Waals surface area contributed by atoms with Crippen LogP contribution in [0.2, 0.25) is 0 Å². The van der Waals surface area contributed by atoms with E-state index in [4.69, 9.17) is 10.5 Å². The smallest absolute Gasteiger partial charge is 0.245 e. The number of aryl methyl sites for hydroxylation is 1. The molecule has 0 amide bonds. The zero-order chi connectivity index (χ0) is 14.8. The predicted molar refractivity (Wildman–Crippen MR) is 79.0 cm³/mol. The van der Waals surface area contributed by atoms with Crippen LogP contribution in [0.4, 0.5) is 5.69 Å². The molecule has 1 aromatic rings. The molecule has 0 spiro atoms. The van der Waals surface area contributed by atoms with Gasteiger partial charge in [-0.25, -0.2) is 8.42 Å². The molecular formula is C14H22N2O3S. The Kier molecular flexibility index (Phi) is 4.67. The number of ether oxygens (including phenoxy) is 1.